The van der Waals surface area contributed by atoms with Gasteiger partial charge in [-0.1, -0.05) is 146 Å². The van der Waals surface area contributed by atoms with Crippen LogP contribution in [-0.4, -0.2) is 0 Å². The maximum atomic E-state index is 6.51. The fraction of sp³-hybridized carbons (Fsp3) is 0. The Morgan fingerprint density at radius 2 is 1.04 bits per heavy atom. The lowest BCUT2D eigenvalue weighted by atomic mass is 9.96. The Labute approximate surface area is 290 Å². The molecule has 0 unspecified atom stereocenters. The van der Waals surface area contributed by atoms with E-state index in [1.54, 1.807) is 0 Å². The summed E-state index contributed by atoms with van der Waals surface area (Å²) in [6.45, 7) is 0. The standard InChI is InChI=1S/C48H31NO/c1-2-13-32(14-3-1)34-17-12-18-37(29-34)49(46-31-35-16-5-6-19-38(35)41-22-8-9-23-42(41)46)45-24-11-10-20-39(45)36-26-28-47-44(30-36)43-27-25-33-15-4-7-21-40(33)48(43)50-47/h1-31H. The Hall–Kier alpha value is -6.64. The van der Waals surface area contributed by atoms with E-state index >= 15 is 0 Å². The third-order valence-electron chi connectivity index (χ3n) is 10.0. The van der Waals surface area contributed by atoms with Crippen LogP contribution in [0.5, 0.6) is 0 Å². The molecule has 0 atom stereocenters. The summed E-state index contributed by atoms with van der Waals surface area (Å²) in [5, 5.41) is 9.47. The number of fused-ring (bicyclic) bond motifs is 8. The maximum Gasteiger partial charge on any atom is 0.143 e. The van der Waals surface area contributed by atoms with Crippen molar-refractivity contribution in [1.29, 1.82) is 0 Å². The highest BCUT2D eigenvalue weighted by atomic mass is 16.3. The molecule has 10 rings (SSSR count). The summed E-state index contributed by atoms with van der Waals surface area (Å²) in [4.78, 5) is 2.45. The van der Waals surface area contributed by atoms with Gasteiger partial charge >= 0.3 is 0 Å². The van der Waals surface area contributed by atoms with Crippen molar-refractivity contribution in [1.82, 2.24) is 0 Å². The molecule has 50 heavy (non-hydrogen) atoms. The highest BCUT2D eigenvalue weighted by molar-refractivity contribution is 6.17. The first-order chi connectivity index (χ1) is 24.8. The molecule has 0 saturated heterocycles. The van der Waals surface area contributed by atoms with Crippen molar-refractivity contribution in [2.45, 2.75) is 0 Å². The molecule has 234 valence electrons. The molecule has 0 bridgehead atoms. The van der Waals surface area contributed by atoms with Crippen LogP contribution in [0.25, 0.3) is 76.5 Å². The summed E-state index contributed by atoms with van der Waals surface area (Å²) < 4.78 is 6.51. The first kappa shape index (κ1) is 28.4. The van der Waals surface area contributed by atoms with E-state index in [9.17, 15) is 0 Å². The first-order valence-electron chi connectivity index (χ1n) is 17.1. The van der Waals surface area contributed by atoms with E-state index in [4.69, 9.17) is 4.42 Å². The lowest BCUT2D eigenvalue weighted by Crippen LogP contribution is -2.12. The largest absolute Gasteiger partial charge is 0.455 e. The van der Waals surface area contributed by atoms with E-state index in [1.807, 2.05) is 0 Å². The van der Waals surface area contributed by atoms with Gasteiger partial charge in [-0.05, 0) is 80.7 Å². The number of para-hydroxylation sites is 1. The van der Waals surface area contributed by atoms with Crippen molar-refractivity contribution in [3.8, 4) is 22.3 Å². The topological polar surface area (TPSA) is 16.4 Å². The lowest BCUT2D eigenvalue weighted by Gasteiger charge is -2.30. The zero-order chi connectivity index (χ0) is 33.0. The van der Waals surface area contributed by atoms with Gasteiger partial charge in [0.1, 0.15) is 11.2 Å². The van der Waals surface area contributed by atoms with E-state index in [2.05, 4.69) is 193 Å². The molecule has 0 aliphatic heterocycles. The minimum atomic E-state index is 0.894. The van der Waals surface area contributed by atoms with Gasteiger partial charge in [-0.15, -0.1) is 0 Å². The van der Waals surface area contributed by atoms with Gasteiger partial charge in [0.25, 0.3) is 0 Å². The molecule has 2 nitrogen and oxygen atoms in total. The molecule has 1 aromatic heterocycles. The summed E-state index contributed by atoms with van der Waals surface area (Å²) in [7, 11) is 0. The fourth-order valence-electron chi connectivity index (χ4n) is 7.67. The van der Waals surface area contributed by atoms with Crippen LogP contribution in [0, 0.1) is 0 Å². The van der Waals surface area contributed by atoms with Crippen molar-refractivity contribution < 1.29 is 4.42 Å². The van der Waals surface area contributed by atoms with E-state index in [0.29, 0.717) is 0 Å². The predicted octanol–water partition coefficient (Wildman–Crippen LogP) is 13.8. The minimum absolute atomic E-state index is 0.894. The predicted molar refractivity (Wildman–Crippen MR) is 212 cm³/mol. The van der Waals surface area contributed by atoms with Gasteiger partial charge in [-0.2, -0.15) is 0 Å². The summed E-state index contributed by atoms with van der Waals surface area (Å²) in [5.41, 5.74) is 9.82. The molecule has 0 radical (unpaired) electrons. The van der Waals surface area contributed by atoms with Gasteiger partial charge in [0.15, 0.2) is 0 Å². The van der Waals surface area contributed by atoms with E-state index in [-0.39, 0.29) is 0 Å². The molecule has 0 N–H and O–H groups in total. The zero-order valence-electron chi connectivity index (χ0n) is 27.3. The monoisotopic (exact) mass is 637 g/mol. The smallest absolute Gasteiger partial charge is 0.143 e. The second-order valence-electron chi connectivity index (χ2n) is 12.9. The Kier molecular flexibility index (Phi) is 6.53. The third kappa shape index (κ3) is 4.57. The van der Waals surface area contributed by atoms with Crippen molar-refractivity contribution in [3.05, 3.63) is 188 Å². The highest BCUT2D eigenvalue weighted by Crippen LogP contribution is 2.46. The normalized spacial score (nSPS) is 11.6. The van der Waals surface area contributed by atoms with Crippen LogP contribution in [0.2, 0.25) is 0 Å². The highest BCUT2D eigenvalue weighted by Gasteiger charge is 2.21. The van der Waals surface area contributed by atoms with E-state index < -0.39 is 0 Å². The number of benzene rings is 9. The van der Waals surface area contributed by atoms with Crippen LogP contribution in [0.3, 0.4) is 0 Å². The molecule has 1 heterocycles. The fourth-order valence-corrected chi connectivity index (χ4v) is 7.67. The van der Waals surface area contributed by atoms with Crippen LogP contribution in [0.4, 0.5) is 17.1 Å². The maximum absolute atomic E-state index is 6.51. The lowest BCUT2D eigenvalue weighted by molar-refractivity contribution is 0.672. The number of hydrogen-bond acceptors (Lipinski definition) is 2. The average molecular weight is 638 g/mol. The van der Waals surface area contributed by atoms with Crippen molar-refractivity contribution in [3.63, 3.8) is 0 Å². The summed E-state index contributed by atoms with van der Waals surface area (Å²) in [5.74, 6) is 0. The molecular formula is C48H31NO. The first-order valence-corrected chi connectivity index (χ1v) is 17.1. The Morgan fingerprint density at radius 1 is 0.340 bits per heavy atom. The Morgan fingerprint density at radius 3 is 1.92 bits per heavy atom. The molecule has 0 saturated carbocycles. The van der Waals surface area contributed by atoms with Crippen LogP contribution in [0.15, 0.2) is 192 Å². The average Bonchev–Trinajstić information content (AvgIpc) is 3.57. The van der Waals surface area contributed by atoms with Gasteiger partial charge in [0.2, 0.25) is 0 Å². The molecule has 2 heteroatoms. The SMILES string of the molecule is c1ccc(-c2cccc(N(c3ccccc3-c3ccc4oc5c6ccccc6ccc5c4c3)c3cc4ccccc4c4ccccc34)c2)cc1. The number of furan rings is 1. The summed E-state index contributed by atoms with van der Waals surface area (Å²) in [6.07, 6.45) is 0. The third-order valence-corrected chi connectivity index (χ3v) is 10.0. The Balaban J connectivity index is 1.24. The van der Waals surface area contributed by atoms with Crippen LogP contribution in [-0.2, 0) is 0 Å². The van der Waals surface area contributed by atoms with Crippen molar-refractivity contribution in [2.75, 3.05) is 4.90 Å². The quantitative estimate of drug-likeness (QED) is 0.175. The summed E-state index contributed by atoms with van der Waals surface area (Å²) in [6, 6.07) is 67.6. The van der Waals surface area contributed by atoms with Crippen LogP contribution < -0.4 is 4.90 Å². The molecule has 0 aliphatic rings. The van der Waals surface area contributed by atoms with Gasteiger partial charge in [0.05, 0.1) is 11.4 Å². The van der Waals surface area contributed by atoms with Crippen molar-refractivity contribution >= 4 is 71.3 Å². The second kappa shape index (κ2) is 11.5. The molecule has 9 aromatic carbocycles. The van der Waals surface area contributed by atoms with Gasteiger partial charge in [0, 0.05) is 32.8 Å². The zero-order valence-corrected chi connectivity index (χ0v) is 27.3. The van der Waals surface area contributed by atoms with Crippen LogP contribution in [0.1, 0.15) is 0 Å². The van der Waals surface area contributed by atoms with Gasteiger partial charge in [-0.3, -0.25) is 0 Å². The van der Waals surface area contributed by atoms with Gasteiger partial charge < -0.3 is 9.32 Å². The molecule has 0 amide bonds. The van der Waals surface area contributed by atoms with E-state index in [0.717, 1.165) is 55.5 Å². The number of nitrogens with zero attached hydrogens (tertiary/aromatic N) is 1. The number of hydrogen-bond donors (Lipinski definition) is 0. The summed E-state index contributed by atoms with van der Waals surface area (Å²) >= 11 is 0. The molecule has 0 aliphatic carbocycles. The molecular weight excluding hydrogens is 607 g/mol. The van der Waals surface area contributed by atoms with E-state index in [1.165, 1.54) is 38.1 Å². The number of anilines is 3. The molecule has 10 aromatic rings. The van der Waals surface area contributed by atoms with Crippen LogP contribution >= 0.6 is 0 Å². The van der Waals surface area contributed by atoms with Crippen molar-refractivity contribution in [2.24, 2.45) is 0 Å². The van der Waals surface area contributed by atoms with Gasteiger partial charge in [-0.25, -0.2) is 0 Å². The molecule has 0 spiro atoms. The second-order valence-corrected chi connectivity index (χ2v) is 12.9. The number of rotatable bonds is 5. The molecule has 0 fully saturated rings. The Bertz CT molecular complexity index is 2880. The minimum Gasteiger partial charge on any atom is -0.455 e.